The van der Waals surface area contributed by atoms with Crippen molar-refractivity contribution in [2.24, 2.45) is 0 Å². The van der Waals surface area contributed by atoms with Crippen LogP contribution >= 0.6 is 22.6 Å². The Bertz CT molecular complexity index is 584. The van der Waals surface area contributed by atoms with Gasteiger partial charge in [0, 0.05) is 9.61 Å². The summed E-state index contributed by atoms with van der Waals surface area (Å²) in [5, 5.41) is 3.41. The summed E-state index contributed by atoms with van der Waals surface area (Å²) >= 11 is 2.28. The number of halogens is 1. The van der Waals surface area contributed by atoms with E-state index in [1.54, 1.807) is 7.11 Å². The molecule has 21 heavy (non-hydrogen) atoms. The van der Waals surface area contributed by atoms with Gasteiger partial charge in [-0.1, -0.05) is 13.0 Å². The van der Waals surface area contributed by atoms with Gasteiger partial charge in [-0.3, -0.25) is 0 Å². The van der Waals surface area contributed by atoms with E-state index in [4.69, 9.17) is 9.47 Å². The van der Waals surface area contributed by atoms with E-state index in [2.05, 4.69) is 41.8 Å². The standard InChI is InChI=1S/C17H20INO2/c1-4-19-12(2)17-15(20-3)6-5-7-16(17)21-14-10-8-13(18)9-11-14/h5-12,19H,4H2,1-3H3. The minimum Gasteiger partial charge on any atom is -0.496 e. The Morgan fingerprint density at radius 1 is 1.10 bits per heavy atom. The molecule has 4 heteroatoms. The highest BCUT2D eigenvalue weighted by Gasteiger charge is 2.17. The minimum atomic E-state index is 0.157. The fourth-order valence-corrected chi connectivity index (χ4v) is 2.62. The smallest absolute Gasteiger partial charge is 0.135 e. The first-order valence-electron chi connectivity index (χ1n) is 6.99. The molecule has 0 saturated heterocycles. The van der Waals surface area contributed by atoms with Crippen molar-refractivity contribution in [3.05, 3.63) is 51.6 Å². The van der Waals surface area contributed by atoms with Crippen LogP contribution in [0.5, 0.6) is 17.2 Å². The average molecular weight is 397 g/mol. The maximum Gasteiger partial charge on any atom is 0.135 e. The summed E-state index contributed by atoms with van der Waals surface area (Å²) in [5.74, 6) is 2.49. The molecule has 3 nitrogen and oxygen atoms in total. The van der Waals surface area contributed by atoms with Crippen molar-refractivity contribution in [2.45, 2.75) is 19.9 Å². The SMILES string of the molecule is CCNC(C)c1c(OC)cccc1Oc1ccc(I)cc1. The lowest BCUT2D eigenvalue weighted by Crippen LogP contribution is -2.19. The van der Waals surface area contributed by atoms with E-state index in [-0.39, 0.29) is 6.04 Å². The number of nitrogens with one attached hydrogen (secondary N) is 1. The maximum absolute atomic E-state index is 6.05. The van der Waals surface area contributed by atoms with Gasteiger partial charge in [-0.2, -0.15) is 0 Å². The number of ether oxygens (including phenoxy) is 2. The molecular weight excluding hydrogens is 377 g/mol. The number of hydrogen-bond donors (Lipinski definition) is 1. The molecule has 1 atom stereocenters. The third-order valence-electron chi connectivity index (χ3n) is 3.23. The molecule has 0 heterocycles. The quantitative estimate of drug-likeness (QED) is 0.713. The highest BCUT2D eigenvalue weighted by atomic mass is 127. The predicted octanol–water partition coefficient (Wildman–Crippen LogP) is 4.76. The topological polar surface area (TPSA) is 30.5 Å². The van der Waals surface area contributed by atoms with Gasteiger partial charge in [0.1, 0.15) is 17.2 Å². The highest BCUT2D eigenvalue weighted by Crippen LogP contribution is 2.36. The molecule has 1 N–H and O–H groups in total. The molecule has 0 spiro atoms. The van der Waals surface area contributed by atoms with Gasteiger partial charge in [0.15, 0.2) is 0 Å². The Kier molecular flexibility index (Phi) is 5.87. The van der Waals surface area contributed by atoms with Crippen molar-refractivity contribution < 1.29 is 9.47 Å². The summed E-state index contributed by atoms with van der Waals surface area (Å²) in [6.45, 7) is 5.09. The first-order chi connectivity index (χ1) is 10.2. The molecule has 0 aliphatic rings. The molecule has 112 valence electrons. The zero-order chi connectivity index (χ0) is 15.2. The van der Waals surface area contributed by atoms with Crippen LogP contribution in [0.1, 0.15) is 25.5 Å². The van der Waals surface area contributed by atoms with Crippen molar-refractivity contribution in [1.82, 2.24) is 5.32 Å². The van der Waals surface area contributed by atoms with Crippen LogP contribution in [0, 0.1) is 3.57 Å². The molecule has 0 aliphatic carbocycles. The number of benzene rings is 2. The van der Waals surface area contributed by atoms with Gasteiger partial charge >= 0.3 is 0 Å². The Morgan fingerprint density at radius 3 is 2.38 bits per heavy atom. The summed E-state index contributed by atoms with van der Waals surface area (Å²) in [5.41, 5.74) is 1.04. The van der Waals surface area contributed by atoms with E-state index in [0.29, 0.717) is 0 Å². The molecular formula is C17H20INO2. The van der Waals surface area contributed by atoms with Gasteiger partial charge in [0.05, 0.1) is 12.7 Å². The van der Waals surface area contributed by atoms with Crippen LogP contribution in [-0.2, 0) is 0 Å². The van der Waals surface area contributed by atoms with Crippen LogP contribution in [0.3, 0.4) is 0 Å². The number of hydrogen-bond acceptors (Lipinski definition) is 3. The van der Waals surface area contributed by atoms with Crippen molar-refractivity contribution in [3.8, 4) is 17.2 Å². The first-order valence-corrected chi connectivity index (χ1v) is 8.07. The summed E-state index contributed by atoms with van der Waals surface area (Å²) in [6, 6.07) is 14.1. The Morgan fingerprint density at radius 2 is 1.76 bits per heavy atom. The van der Waals surface area contributed by atoms with E-state index in [9.17, 15) is 0 Å². The molecule has 2 aromatic rings. The van der Waals surface area contributed by atoms with Crippen LogP contribution < -0.4 is 14.8 Å². The molecule has 0 amide bonds. The second-order valence-corrected chi connectivity index (χ2v) is 5.95. The molecule has 2 aromatic carbocycles. The molecule has 0 radical (unpaired) electrons. The summed E-state index contributed by atoms with van der Waals surface area (Å²) in [7, 11) is 1.69. The maximum atomic E-state index is 6.05. The lowest BCUT2D eigenvalue weighted by Gasteiger charge is -2.20. The minimum absolute atomic E-state index is 0.157. The molecule has 2 rings (SSSR count). The fourth-order valence-electron chi connectivity index (χ4n) is 2.26. The lowest BCUT2D eigenvalue weighted by atomic mass is 10.1. The summed E-state index contributed by atoms with van der Waals surface area (Å²) < 4.78 is 12.7. The van der Waals surface area contributed by atoms with Crippen molar-refractivity contribution >= 4 is 22.6 Å². The normalized spacial score (nSPS) is 12.0. The van der Waals surface area contributed by atoms with Crippen molar-refractivity contribution in [3.63, 3.8) is 0 Å². The zero-order valence-electron chi connectivity index (χ0n) is 12.5. The van der Waals surface area contributed by atoms with E-state index in [1.807, 2.05) is 42.5 Å². The van der Waals surface area contributed by atoms with Crippen LogP contribution in [0.2, 0.25) is 0 Å². The van der Waals surface area contributed by atoms with Crippen LogP contribution in [0.25, 0.3) is 0 Å². The largest absolute Gasteiger partial charge is 0.496 e. The monoisotopic (exact) mass is 397 g/mol. The Labute approximate surface area is 139 Å². The fraction of sp³-hybridized carbons (Fsp3) is 0.294. The van der Waals surface area contributed by atoms with Gasteiger partial charge in [0.25, 0.3) is 0 Å². The molecule has 0 aliphatic heterocycles. The predicted molar refractivity (Wildman–Crippen MR) is 94.3 cm³/mol. The van der Waals surface area contributed by atoms with E-state index in [1.165, 1.54) is 3.57 Å². The van der Waals surface area contributed by atoms with Crippen molar-refractivity contribution in [2.75, 3.05) is 13.7 Å². The highest BCUT2D eigenvalue weighted by molar-refractivity contribution is 14.1. The van der Waals surface area contributed by atoms with E-state index >= 15 is 0 Å². The zero-order valence-corrected chi connectivity index (χ0v) is 14.7. The van der Waals surface area contributed by atoms with Crippen LogP contribution in [0.15, 0.2) is 42.5 Å². The Hall–Kier alpha value is -1.27. The third-order valence-corrected chi connectivity index (χ3v) is 3.95. The first kappa shape index (κ1) is 16.1. The molecule has 0 fully saturated rings. The van der Waals surface area contributed by atoms with E-state index in [0.717, 1.165) is 29.4 Å². The molecule has 0 aromatic heterocycles. The van der Waals surface area contributed by atoms with E-state index < -0.39 is 0 Å². The van der Waals surface area contributed by atoms with Crippen LogP contribution in [-0.4, -0.2) is 13.7 Å². The van der Waals surface area contributed by atoms with Gasteiger partial charge in [0.2, 0.25) is 0 Å². The average Bonchev–Trinajstić information content (AvgIpc) is 2.49. The van der Waals surface area contributed by atoms with Crippen LogP contribution in [0.4, 0.5) is 0 Å². The second-order valence-electron chi connectivity index (χ2n) is 4.71. The number of rotatable bonds is 6. The summed E-state index contributed by atoms with van der Waals surface area (Å²) in [6.07, 6.45) is 0. The Balaban J connectivity index is 2.35. The molecule has 1 unspecified atom stereocenters. The third kappa shape index (κ3) is 4.11. The summed E-state index contributed by atoms with van der Waals surface area (Å²) in [4.78, 5) is 0. The second kappa shape index (κ2) is 7.66. The van der Waals surface area contributed by atoms with Gasteiger partial charge in [-0.15, -0.1) is 0 Å². The number of methoxy groups -OCH3 is 1. The molecule has 0 bridgehead atoms. The van der Waals surface area contributed by atoms with Gasteiger partial charge < -0.3 is 14.8 Å². The van der Waals surface area contributed by atoms with Gasteiger partial charge in [-0.25, -0.2) is 0 Å². The molecule has 0 saturated carbocycles. The van der Waals surface area contributed by atoms with Gasteiger partial charge in [-0.05, 0) is 72.5 Å². The lowest BCUT2D eigenvalue weighted by molar-refractivity contribution is 0.391. The van der Waals surface area contributed by atoms with Crippen molar-refractivity contribution in [1.29, 1.82) is 0 Å².